The zero-order chi connectivity index (χ0) is 17.3. The lowest BCUT2D eigenvalue weighted by molar-refractivity contribution is 0.468. The van der Waals surface area contributed by atoms with Gasteiger partial charge in [-0.15, -0.1) is 0 Å². The third-order valence-electron chi connectivity index (χ3n) is 3.85. The quantitative estimate of drug-likeness (QED) is 0.641. The molecule has 0 unspecified atom stereocenters. The maximum absolute atomic E-state index is 12.8. The van der Waals surface area contributed by atoms with Crippen molar-refractivity contribution in [1.82, 2.24) is 4.31 Å². The van der Waals surface area contributed by atoms with Gasteiger partial charge in [-0.3, -0.25) is 0 Å². The number of nitrogens with zero attached hydrogens (tertiary/aromatic N) is 1. The van der Waals surface area contributed by atoms with Gasteiger partial charge in [-0.05, 0) is 34.5 Å². The van der Waals surface area contributed by atoms with Crippen LogP contribution >= 0.6 is 23.2 Å². The largest absolute Gasteiger partial charge is 0.244 e. The molecule has 3 aromatic carbocycles. The molecule has 0 aliphatic heterocycles. The van der Waals surface area contributed by atoms with Crippen molar-refractivity contribution in [3.63, 3.8) is 0 Å². The summed E-state index contributed by atoms with van der Waals surface area (Å²) < 4.78 is 26.9. The molecule has 6 heteroatoms. The van der Waals surface area contributed by atoms with E-state index in [1.54, 1.807) is 6.07 Å². The van der Waals surface area contributed by atoms with Crippen molar-refractivity contribution in [3.8, 4) is 0 Å². The maximum Gasteiger partial charge on any atom is 0.244 e. The van der Waals surface area contributed by atoms with Gasteiger partial charge in [-0.1, -0.05) is 65.7 Å². The molecule has 3 aromatic rings. The van der Waals surface area contributed by atoms with Crippen molar-refractivity contribution in [1.29, 1.82) is 0 Å². The highest BCUT2D eigenvalue weighted by Crippen LogP contribution is 2.28. The fourth-order valence-electron chi connectivity index (χ4n) is 2.60. The van der Waals surface area contributed by atoms with E-state index in [-0.39, 0.29) is 16.5 Å². The summed E-state index contributed by atoms with van der Waals surface area (Å²) in [6.07, 6.45) is 0. The lowest BCUT2D eigenvalue weighted by Crippen LogP contribution is -2.26. The number of hydrogen-bond acceptors (Lipinski definition) is 2. The summed E-state index contributed by atoms with van der Waals surface area (Å²) in [5.41, 5.74) is 0.928. The van der Waals surface area contributed by atoms with Crippen LogP contribution in [0.3, 0.4) is 0 Å². The second kappa shape index (κ2) is 6.73. The number of benzene rings is 3. The van der Waals surface area contributed by atoms with Crippen molar-refractivity contribution in [2.45, 2.75) is 11.4 Å². The van der Waals surface area contributed by atoms with Crippen molar-refractivity contribution >= 4 is 44.0 Å². The van der Waals surface area contributed by atoms with Gasteiger partial charge in [0.25, 0.3) is 0 Å². The van der Waals surface area contributed by atoms with Crippen LogP contribution in [0.15, 0.2) is 65.6 Å². The van der Waals surface area contributed by atoms with Crippen LogP contribution in [0.4, 0.5) is 0 Å². The molecular formula is C18H15Cl2NO2S. The van der Waals surface area contributed by atoms with E-state index in [4.69, 9.17) is 23.2 Å². The van der Waals surface area contributed by atoms with E-state index in [0.29, 0.717) is 5.02 Å². The summed E-state index contributed by atoms with van der Waals surface area (Å²) in [4.78, 5) is 0.0133. The average molecular weight is 380 g/mol. The van der Waals surface area contributed by atoms with Crippen LogP contribution in [0, 0.1) is 0 Å². The molecule has 0 atom stereocenters. The Bertz CT molecular complexity index is 998. The molecule has 0 radical (unpaired) electrons. The topological polar surface area (TPSA) is 37.4 Å². The molecule has 0 bridgehead atoms. The van der Waals surface area contributed by atoms with E-state index < -0.39 is 10.0 Å². The number of rotatable bonds is 4. The summed E-state index contributed by atoms with van der Waals surface area (Å²) in [6, 6.07) is 18.2. The summed E-state index contributed by atoms with van der Waals surface area (Å²) in [7, 11) is -2.21. The Kier molecular flexibility index (Phi) is 4.83. The second-order valence-electron chi connectivity index (χ2n) is 5.47. The molecule has 0 aliphatic rings. The van der Waals surface area contributed by atoms with Gasteiger partial charge < -0.3 is 0 Å². The van der Waals surface area contributed by atoms with Gasteiger partial charge in [0.05, 0.1) is 5.02 Å². The minimum atomic E-state index is -3.74. The fourth-order valence-corrected chi connectivity index (χ4v) is 4.48. The standard InChI is InChI=1S/C18H15Cl2NO2S/c1-21(24(22,23)18-11-15(19)9-10-17(18)20)12-14-7-4-6-13-5-2-3-8-16(13)14/h2-11H,12H2,1H3. The SMILES string of the molecule is CN(Cc1cccc2ccccc12)S(=O)(=O)c1cc(Cl)ccc1Cl. The highest BCUT2D eigenvalue weighted by Gasteiger charge is 2.24. The van der Waals surface area contributed by atoms with E-state index in [2.05, 4.69) is 0 Å². The van der Waals surface area contributed by atoms with E-state index in [0.717, 1.165) is 16.3 Å². The van der Waals surface area contributed by atoms with E-state index in [1.807, 2.05) is 42.5 Å². The highest BCUT2D eigenvalue weighted by molar-refractivity contribution is 7.89. The molecule has 124 valence electrons. The van der Waals surface area contributed by atoms with Gasteiger partial charge in [0, 0.05) is 18.6 Å². The summed E-state index contributed by atoms with van der Waals surface area (Å²) in [5, 5.41) is 2.58. The molecule has 3 nitrogen and oxygen atoms in total. The minimum absolute atomic E-state index is 0.0133. The highest BCUT2D eigenvalue weighted by atomic mass is 35.5. The normalized spacial score (nSPS) is 12.0. The van der Waals surface area contributed by atoms with Crippen LogP contribution in [-0.4, -0.2) is 19.8 Å². The average Bonchev–Trinajstić information content (AvgIpc) is 2.57. The van der Waals surface area contributed by atoms with Crippen molar-refractivity contribution < 1.29 is 8.42 Å². The predicted octanol–water partition coefficient (Wildman–Crippen LogP) is 4.97. The van der Waals surface area contributed by atoms with E-state index in [1.165, 1.54) is 23.5 Å². The summed E-state index contributed by atoms with van der Waals surface area (Å²) in [5.74, 6) is 0. The third kappa shape index (κ3) is 3.28. The molecule has 0 saturated heterocycles. The van der Waals surface area contributed by atoms with Crippen LogP contribution in [0.25, 0.3) is 10.8 Å². The molecule has 0 heterocycles. The van der Waals surface area contributed by atoms with Crippen molar-refractivity contribution in [2.24, 2.45) is 0 Å². The Morgan fingerprint density at radius 1 is 0.958 bits per heavy atom. The first kappa shape index (κ1) is 17.2. The molecular weight excluding hydrogens is 365 g/mol. The molecule has 0 spiro atoms. The second-order valence-corrected chi connectivity index (χ2v) is 8.33. The van der Waals surface area contributed by atoms with Gasteiger partial charge in [-0.25, -0.2) is 8.42 Å². The van der Waals surface area contributed by atoms with Crippen molar-refractivity contribution in [3.05, 3.63) is 76.3 Å². The Hall–Kier alpha value is -1.59. The fraction of sp³-hybridized carbons (Fsp3) is 0.111. The van der Waals surface area contributed by atoms with Crippen LogP contribution in [0.2, 0.25) is 10.0 Å². The maximum atomic E-state index is 12.8. The first-order valence-corrected chi connectivity index (χ1v) is 9.47. The third-order valence-corrected chi connectivity index (χ3v) is 6.37. The Morgan fingerprint density at radius 3 is 2.46 bits per heavy atom. The van der Waals surface area contributed by atoms with Crippen molar-refractivity contribution in [2.75, 3.05) is 7.05 Å². The monoisotopic (exact) mass is 379 g/mol. The van der Waals surface area contributed by atoms with Gasteiger partial charge in [0.15, 0.2) is 0 Å². The van der Waals surface area contributed by atoms with E-state index in [9.17, 15) is 8.42 Å². The van der Waals surface area contributed by atoms with Gasteiger partial charge >= 0.3 is 0 Å². The number of hydrogen-bond donors (Lipinski definition) is 0. The molecule has 0 aromatic heterocycles. The zero-order valence-corrected chi connectivity index (χ0v) is 15.2. The van der Waals surface area contributed by atoms with Gasteiger partial charge in [0.2, 0.25) is 10.0 Å². The van der Waals surface area contributed by atoms with Crippen LogP contribution in [0.5, 0.6) is 0 Å². The Balaban J connectivity index is 1.99. The summed E-state index contributed by atoms with van der Waals surface area (Å²) in [6.45, 7) is 0.243. The molecule has 0 aliphatic carbocycles. The molecule has 0 N–H and O–H groups in total. The van der Waals surface area contributed by atoms with Gasteiger partial charge in [-0.2, -0.15) is 4.31 Å². The number of halogens is 2. The van der Waals surface area contributed by atoms with E-state index >= 15 is 0 Å². The smallest absolute Gasteiger partial charge is 0.207 e. The molecule has 0 fully saturated rings. The Labute approximate surface area is 151 Å². The molecule has 0 saturated carbocycles. The lowest BCUT2D eigenvalue weighted by Gasteiger charge is -2.19. The first-order valence-electron chi connectivity index (χ1n) is 7.27. The molecule has 3 rings (SSSR count). The minimum Gasteiger partial charge on any atom is -0.207 e. The first-order chi connectivity index (χ1) is 11.4. The van der Waals surface area contributed by atoms with Crippen LogP contribution in [0.1, 0.15) is 5.56 Å². The number of fused-ring (bicyclic) bond motifs is 1. The van der Waals surface area contributed by atoms with Crippen LogP contribution < -0.4 is 0 Å². The summed E-state index contributed by atoms with van der Waals surface area (Å²) >= 11 is 12.0. The van der Waals surface area contributed by atoms with Gasteiger partial charge in [0.1, 0.15) is 4.90 Å². The zero-order valence-electron chi connectivity index (χ0n) is 12.9. The van der Waals surface area contributed by atoms with Crippen LogP contribution in [-0.2, 0) is 16.6 Å². The Morgan fingerprint density at radius 2 is 1.67 bits per heavy atom. The molecule has 24 heavy (non-hydrogen) atoms. The number of sulfonamides is 1. The molecule has 0 amide bonds. The lowest BCUT2D eigenvalue weighted by atomic mass is 10.0. The predicted molar refractivity (Wildman–Crippen MR) is 99.1 cm³/mol.